The van der Waals surface area contributed by atoms with Gasteiger partial charge in [-0.25, -0.2) is 13.5 Å². The fourth-order valence-electron chi connectivity index (χ4n) is 3.76. The van der Waals surface area contributed by atoms with Crippen molar-refractivity contribution in [2.75, 3.05) is 13.1 Å². The molecule has 0 amide bonds. The highest BCUT2D eigenvalue weighted by molar-refractivity contribution is 5.56. The zero-order chi connectivity index (χ0) is 23.7. The minimum absolute atomic E-state index is 0.107. The highest BCUT2D eigenvalue weighted by Gasteiger charge is 2.22. The molecule has 5 rings (SSSR count). The van der Waals surface area contributed by atoms with Crippen LogP contribution in [0.5, 0.6) is 0 Å². The Morgan fingerprint density at radius 1 is 1.06 bits per heavy atom. The maximum Gasteiger partial charge on any atom is 0.314 e. The van der Waals surface area contributed by atoms with Crippen LogP contribution in [-0.4, -0.2) is 54.3 Å². The minimum atomic E-state index is -2.90. The molecule has 0 radical (unpaired) electrons. The van der Waals surface area contributed by atoms with E-state index in [0.717, 1.165) is 23.9 Å². The molecule has 0 unspecified atom stereocenters. The van der Waals surface area contributed by atoms with Crippen molar-refractivity contribution in [3.8, 4) is 22.7 Å². The Labute approximate surface area is 191 Å². The van der Waals surface area contributed by atoms with Gasteiger partial charge in [-0.3, -0.25) is 9.88 Å². The summed E-state index contributed by atoms with van der Waals surface area (Å²) in [4.78, 5) is 6.46. The van der Waals surface area contributed by atoms with Gasteiger partial charge in [0.05, 0.1) is 18.4 Å². The molecule has 3 aromatic heterocycles. The number of hydrogen-bond donors (Lipinski definition) is 0. The Kier molecular flexibility index (Phi) is 6.05. The molecule has 34 heavy (non-hydrogen) atoms. The van der Waals surface area contributed by atoms with E-state index in [4.69, 9.17) is 4.42 Å². The van der Waals surface area contributed by atoms with Crippen molar-refractivity contribution in [3.05, 3.63) is 65.7 Å². The summed E-state index contributed by atoms with van der Waals surface area (Å²) in [5, 5.41) is 14.9. The van der Waals surface area contributed by atoms with Crippen molar-refractivity contribution in [1.82, 2.24) is 35.1 Å². The fourth-order valence-corrected chi connectivity index (χ4v) is 3.76. The van der Waals surface area contributed by atoms with Crippen LogP contribution in [0.1, 0.15) is 30.0 Å². The Bertz CT molecular complexity index is 1270. The molecule has 0 aliphatic carbocycles. The minimum Gasteiger partial charge on any atom is -0.415 e. The summed E-state index contributed by atoms with van der Waals surface area (Å²) in [6, 6.07) is 7.88. The monoisotopic (exact) mass is 473 g/mol. The van der Waals surface area contributed by atoms with Gasteiger partial charge in [0.1, 0.15) is 17.7 Å². The van der Waals surface area contributed by atoms with Crippen molar-refractivity contribution >= 4 is 0 Å². The van der Waals surface area contributed by atoms with E-state index in [2.05, 4.69) is 25.5 Å². The van der Waals surface area contributed by atoms with E-state index in [0.29, 0.717) is 30.8 Å². The number of aromatic nitrogens is 6. The van der Waals surface area contributed by atoms with Gasteiger partial charge >= 0.3 is 6.43 Å². The fraction of sp³-hybridized carbons (Fsp3) is 0.318. The quantitative estimate of drug-likeness (QED) is 0.374. The van der Waals surface area contributed by atoms with Gasteiger partial charge in [0, 0.05) is 42.5 Å². The number of halogens is 4. The molecule has 8 nitrogen and oxygen atoms in total. The molecule has 1 fully saturated rings. The molecule has 12 heteroatoms. The summed E-state index contributed by atoms with van der Waals surface area (Å²) < 4.78 is 59.5. The lowest BCUT2D eigenvalue weighted by atomic mass is 10.1. The van der Waals surface area contributed by atoms with Crippen molar-refractivity contribution in [1.29, 1.82) is 0 Å². The predicted molar refractivity (Wildman–Crippen MR) is 112 cm³/mol. The number of benzene rings is 1. The number of rotatable bonds is 7. The first kappa shape index (κ1) is 22.1. The third kappa shape index (κ3) is 4.81. The topological polar surface area (TPSA) is 85.8 Å². The van der Waals surface area contributed by atoms with Crippen LogP contribution in [0.3, 0.4) is 0 Å². The zero-order valence-electron chi connectivity index (χ0n) is 17.8. The van der Waals surface area contributed by atoms with E-state index < -0.39 is 24.3 Å². The molecule has 4 heterocycles. The van der Waals surface area contributed by atoms with Crippen molar-refractivity contribution in [3.63, 3.8) is 0 Å². The SMILES string of the molecule is Fc1cc(-c2nnc(C(F)F)o2)ccc1Cn1cc(-c2ccc(CN3CC[C@@H](F)C3)nc2)nn1. The molecule has 1 aliphatic heterocycles. The summed E-state index contributed by atoms with van der Waals surface area (Å²) in [6.07, 6.45) is 0.242. The molecular weight excluding hydrogens is 454 g/mol. The van der Waals surface area contributed by atoms with Gasteiger partial charge in [-0.2, -0.15) is 8.78 Å². The van der Waals surface area contributed by atoms with Crippen molar-refractivity contribution in [2.45, 2.75) is 32.1 Å². The van der Waals surface area contributed by atoms with E-state index in [9.17, 15) is 17.6 Å². The predicted octanol–water partition coefficient (Wildman–Crippen LogP) is 4.06. The number of alkyl halides is 3. The number of nitrogens with zero attached hydrogens (tertiary/aromatic N) is 7. The number of pyridine rings is 1. The first-order chi connectivity index (χ1) is 16.4. The van der Waals surface area contributed by atoms with E-state index in [1.807, 2.05) is 17.0 Å². The van der Waals surface area contributed by atoms with Crippen LogP contribution in [0.4, 0.5) is 17.6 Å². The van der Waals surface area contributed by atoms with Gasteiger partial charge < -0.3 is 4.42 Å². The van der Waals surface area contributed by atoms with Crippen LogP contribution >= 0.6 is 0 Å². The number of hydrogen-bond acceptors (Lipinski definition) is 7. The van der Waals surface area contributed by atoms with Crippen LogP contribution in [-0.2, 0) is 13.1 Å². The zero-order valence-corrected chi connectivity index (χ0v) is 17.8. The summed E-state index contributed by atoms with van der Waals surface area (Å²) in [6.45, 7) is 1.86. The molecule has 1 atom stereocenters. The summed E-state index contributed by atoms with van der Waals surface area (Å²) in [5.74, 6) is -1.58. The Morgan fingerprint density at radius 2 is 1.91 bits per heavy atom. The first-order valence-corrected chi connectivity index (χ1v) is 10.6. The average molecular weight is 473 g/mol. The standard InChI is InChI=1S/C22H19F4N7O/c23-16-5-6-32(10-16)11-17-4-3-14(8-27-17)19-12-33(31-28-19)9-15-2-1-13(7-18(15)24)21-29-30-22(34-21)20(25)26/h1-4,7-8,12,16,20H,5-6,9-11H2/t16-/m1/s1. The molecular formula is C22H19F4N7O. The molecule has 4 aromatic rings. The highest BCUT2D eigenvalue weighted by atomic mass is 19.3. The maximum absolute atomic E-state index is 14.6. The number of likely N-dealkylation sites (tertiary alicyclic amines) is 1. The second-order valence-corrected chi connectivity index (χ2v) is 8.01. The van der Waals surface area contributed by atoms with Crippen LogP contribution in [0, 0.1) is 5.82 Å². The lowest BCUT2D eigenvalue weighted by molar-refractivity contribution is 0.116. The van der Waals surface area contributed by atoms with Crippen molar-refractivity contribution in [2.24, 2.45) is 0 Å². The molecule has 1 aromatic carbocycles. The largest absolute Gasteiger partial charge is 0.415 e. The van der Waals surface area contributed by atoms with Gasteiger partial charge in [0.2, 0.25) is 5.89 Å². The second-order valence-electron chi connectivity index (χ2n) is 8.01. The van der Waals surface area contributed by atoms with Crippen molar-refractivity contribution < 1.29 is 22.0 Å². The molecule has 0 N–H and O–H groups in total. The maximum atomic E-state index is 14.6. The molecule has 0 bridgehead atoms. The summed E-state index contributed by atoms with van der Waals surface area (Å²) in [7, 11) is 0. The second kappa shape index (κ2) is 9.29. The summed E-state index contributed by atoms with van der Waals surface area (Å²) in [5.41, 5.74) is 2.68. The van der Waals surface area contributed by atoms with Gasteiger partial charge in [-0.05, 0) is 30.7 Å². The smallest absolute Gasteiger partial charge is 0.314 e. The Balaban J connectivity index is 1.25. The molecule has 176 valence electrons. The molecule has 0 saturated carbocycles. The average Bonchev–Trinajstić information content (AvgIpc) is 3.57. The van der Waals surface area contributed by atoms with Gasteiger partial charge in [-0.15, -0.1) is 15.3 Å². The highest BCUT2D eigenvalue weighted by Crippen LogP contribution is 2.25. The lowest BCUT2D eigenvalue weighted by Gasteiger charge is -2.13. The van der Waals surface area contributed by atoms with Gasteiger partial charge in [-0.1, -0.05) is 11.3 Å². The van der Waals surface area contributed by atoms with E-state index in [1.165, 1.54) is 16.8 Å². The third-order valence-corrected chi connectivity index (χ3v) is 5.52. The first-order valence-electron chi connectivity index (χ1n) is 10.6. The van der Waals surface area contributed by atoms with Crippen LogP contribution in [0.25, 0.3) is 22.7 Å². The van der Waals surface area contributed by atoms with Gasteiger partial charge in [0.25, 0.3) is 5.89 Å². The molecule has 1 saturated heterocycles. The lowest BCUT2D eigenvalue weighted by Crippen LogP contribution is -2.20. The van der Waals surface area contributed by atoms with E-state index >= 15 is 0 Å². The third-order valence-electron chi connectivity index (χ3n) is 5.52. The van der Waals surface area contributed by atoms with E-state index in [-0.39, 0.29) is 18.0 Å². The van der Waals surface area contributed by atoms with Crippen LogP contribution in [0.2, 0.25) is 0 Å². The van der Waals surface area contributed by atoms with Crippen LogP contribution in [0.15, 0.2) is 47.1 Å². The molecule has 0 spiro atoms. The van der Waals surface area contributed by atoms with Crippen LogP contribution < -0.4 is 0 Å². The summed E-state index contributed by atoms with van der Waals surface area (Å²) >= 11 is 0. The van der Waals surface area contributed by atoms with Gasteiger partial charge in [0.15, 0.2) is 0 Å². The normalized spacial score (nSPS) is 16.6. The Hall–Kier alpha value is -3.67. The molecule has 1 aliphatic rings. The Morgan fingerprint density at radius 3 is 2.59 bits per heavy atom. The van der Waals surface area contributed by atoms with E-state index in [1.54, 1.807) is 12.4 Å².